The maximum atomic E-state index is 12.6. The van der Waals surface area contributed by atoms with Gasteiger partial charge in [-0.25, -0.2) is 4.98 Å². The van der Waals surface area contributed by atoms with Gasteiger partial charge in [0.2, 0.25) is 5.95 Å². The highest BCUT2D eigenvalue weighted by molar-refractivity contribution is 5.73. The zero-order chi connectivity index (χ0) is 9.54. The molecular weight excluding hydrogens is 179 g/mol. The quantitative estimate of drug-likeness (QED) is 0.678. The zero-order valence-electron chi connectivity index (χ0n) is 7.70. The van der Waals surface area contributed by atoms with E-state index in [4.69, 9.17) is 0 Å². The van der Waals surface area contributed by atoms with Crippen LogP contribution in [0.15, 0.2) is 24.4 Å². The lowest BCUT2D eigenvalue weighted by Crippen LogP contribution is -2.22. The van der Waals surface area contributed by atoms with Crippen LogP contribution in [0.25, 0.3) is 5.57 Å². The second-order valence-electron chi connectivity index (χ2n) is 3.92. The zero-order valence-corrected chi connectivity index (χ0v) is 7.70. The van der Waals surface area contributed by atoms with Gasteiger partial charge in [0.1, 0.15) is 0 Å². The highest BCUT2D eigenvalue weighted by Crippen LogP contribution is 2.41. The van der Waals surface area contributed by atoms with E-state index in [9.17, 15) is 4.39 Å². The molecule has 1 aromatic heterocycles. The van der Waals surface area contributed by atoms with Crippen molar-refractivity contribution in [2.45, 2.75) is 0 Å². The Balaban J connectivity index is 1.90. The summed E-state index contributed by atoms with van der Waals surface area (Å²) in [7, 11) is 0. The molecule has 3 rings (SSSR count). The summed E-state index contributed by atoms with van der Waals surface area (Å²) in [6.07, 6.45) is 3.88. The van der Waals surface area contributed by atoms with Crippen LogP contribution in [0.4, 0.5) is 4.39 Å². The molecule has 1 aliphatic carbocycles. The minimum absolute atomic E-state index is 0.408. The molecule has 1 aromatic rings. The molecule has 2 unspecified atom stereocenters. The predicted molar refractivity (Wildman–Crippen MR) is 52.0 cm³/mol. The number of fused-ring (bicyclic) bond motifs is 1. The minimum Gasteiger partial charge on any atom is -0.315 e. The number of halogens is 1. The van der Waals surface area contributed by atoms with Crippen molar-refractivity contribution >= 4 is 5.57 Å². The average molecular weight is 190 g/mol. The predicted octanol–water partition coefficient (Wildman–Crippen LogP) is 1.45. The van der Waals surface area contributed by atoms with E-state index >= 15 is 0 Å². The van der Waals surface area contributed by atoms with Gasteiger partial charge in [0.25, 0.3) is 0 Å². The molecule has 0 bridgehead atoms. The average Bonchev–Trinajstić information content (AvgIpc) is 2.52. The third-order valence-corrected chi connectivity index (χ3v) is 3.11. The minimum atomic E-state index is -0.408. The van der Waals surface area contributed by atoms with Crippen molar-refractivity contribution in [2.75, 3.05) is 13.1 Å². The van der Waals surface area contributed by atoms with Gasteiger partial charge >= 0.3 is 0 Å². The number of pyridine rings is 1. The van der Waals surface area contributed by atoms with E-state index < -0.39 is 5.95 Å². The summed E-state index contributed by atoms with van der Waals surface area (Å²) >= 11 is 0. The van der Waals surface area contributed by atoms with Crippen molar-refractivity contribution in [3.8, 4) is 0 Å². The molecule has 1 fully saturated rings. The van der Waals surface area contributed by atoms with Gasteiger partial charge in [0, 0.05) is 25.2 Å². The van der Waals surface area contributed by atoms with Crippen LogP contribution < -0.4 is 5.32 Å². The fourth-order valence-corrected chi connectivity index (χ4v) is 2.31. The second kappa shape index (κ2) is 2.89. The van der Waals surface area contributed by atoms with Gasteiger partial charge in [-0.3, -0.25) is 0 Å². The molecule has 72 valence electrons. The highest BCUT2D eigenvalue weighted by Gasteiger charge is 2.36. The van der Waals surface area contributed by atoms with E-state index in [1.807, 2.05) is 6.07 Å². The van der Waals surface area contributed by atoms with Crippen LogP contribution in [0.1, 0.15) is 5.56 Å². The van der Waals surface area contributed by atoms with Crippen LogP contribution in [-0.2, 0) is 0 Å². The van der Waals surface area contributed by atoms with Crippen LogP contribution >= 0.6 is 0 Å². The Bertz CT molecular complexity index is 383. The van der Waals surface area contributed by atoms with E-state index in [1.54, 1.807) is 6.20 Å². The lowest BCUT2D eigenvalue weighted by atomic mass is 9.74. The standard InChI is InChI=1S/C11H11FN2/c12-11-2-1-7(5-14-11)9-3-8-4-13-6-10(8)9/h1-3,5,8,10,13H,4,6H2. The van der Waals surface area contributed by atoms with Crippen LogP contribution in [0.2, 0.25) is 0 Å². The summed E-state index contributed by atoms with van der Waals surface area (Å²) in [6.45, 7) is 2.14. The molecule has 0 spiro atoms. The molecule has 3 heteroatoms. The number of aromatic nitrogens is 1. The molecule has 2 nitrogen and oxygen atoms in total. The fraction of sp³-hybridized carbons (Fsp3) is 0.364. The van der Waals surface area contributed by atoms with Crippen LogP contribution in [0, 0.1) is 17.8 Å². The highest BCUT2D eigenvalue weighted by atomic mass is 19.1. The Morgan fingerprint density at radius 1 is 1.36 bits per heavy atom. The summed E-state index contributed by atoms with van der Waals surface area (Å²) in [5.74, 6) is 0.909. The second-order valence-corrected chi connectivity index (χ2v) is 3.92. The molecule has 1 aliphatic heterocycles. The normalized spacial score (nSPS) is 29.4. The van der Waals surface area contributed by atoms with Crippen molar-refractivity contribution < 1.29 is 4.39 Å². The smallest absolute Gasteiger partial charge is 0.212 e. The van der Waals surface area contributed by atoms with Crippen molar-refractivity contribution in [1.29, 1.82) is 0 Å². The summed E-state index contributed by atoms with van der Waals surface area (Å²) in [6, 6.07) is 3.23. The molecule has 1 saturated heterocycles. The Morgan fingerprint density at radius 2 is 2.29 bits per heavy atom. The van der Waals surface area contributed by atoms with E-state index in [0.29, 0.717) is 11.8 Å². The maximum absolute atomic E-state index is 12.6. The molecule has 1 N–H and O–H groups in total. The Labute approximate surface area is 81.9 Å². The lowest BCUT2D eigenvalue weighted by molar-refractivity contribution is 0.561. The summed E-state index contributed by atoms with van der Waals surface area (Å²) in [5, 5.41) is 3.35. The molecule has 2 aliphatic rings. The molecule has 0 saturated carbocycles. The van der Waals surface area contributed by atoms with Crippen molar-refractivity contribution in [3.05, 3.63) is 35.9 Å². The number of nitrogens with one attached hydrogen (secondary N) is 1. The number of nitrogens with zero attached hydrogens (tertiary/aromatic N) is 1. The molecule has 2 atom stereocenters. The molecule has 2 heterocycles. The van der Waals surface area contributed by atoms with Gasteiger partial charge in [-0.1, -0.05) is 6.08 Å². The van der Waals surface area contributed by atoms with Crippen LogP contribution in [0.5, 0.6) is 0 Å². The van der Waals surface area contributed by atoms with Crippen LogP contribution in [-0.4, -0.2) is 18.1 Å². The van der Waals surface area contributed by atoms with Gasteiger partial charge in [-0.05, 0) is 29.2 Å². The van der Waals surface area contributed by atoms with Gasteiger partial charge in [0.05, 0.1) is 0 Å². The fourth-order valence-electron chi connectivity index (χ4n) is 2.31. The van der Waals surface area contributed by atoms with Gasteiger partial charge < -0.3 is 5.32 Å². The Morgan fingerprint density at radius 3 is 3.00 bits per heavy atom. The third-order valence-electron chi connectivity index (χ3n) is 3.11. The number of hydrogen-bond acceptors (Lipinski definition) is 2. The van der Waals surface area contributed by atoms with E-state index in [0.717, 1.165) is 18.7 Å². The number of rotatable bonds is 1. The molecule has 0 aromatic carbocycles. The first-order valence-electron chi connectivity index (χ1n) is 4.89. The molecular formula is C11H11FN2. The topological polar surface area (TPSA) is 24.9 Å². The largest absolute Gasteiger partial charge is 0.315 e. The first-order valence-corrected chi connectivity index (χ1v) is 4.89. The summed E-state index contributed by atoms with van der Waals surface area (Å²) in [5.41, 5.74) is 2.39. The van der Waals surface area contributed by atoms with E-state index in [-0.39, 0.29) is 0 Å². The third kappa shape index (κ3) is 1.09. The van der Waals surface area contributed by atoms with Crippen molar-refractivity contribution in [2.24, 2.45) is 11.8 Å². The Kier molecular flexibility index (Phi) is 1.67. The van der Waals surface area contributed by atoms with Crippen LogP contribution in [0.3, 0.4) is 0 Å². The molecule has 0 amide bonds. The first kappa shape index (κ1) is 8.12. The molecule has 0 radical (unpaired) electrons. The SMILES string of the molecule is Fc1ccc(C2=CC3CNCC23)cn1. The van der Waals surface area contributed by atoms with Gasteiger partial charge in [-0.2, -0.15) is 4.39 Å². The van der Waals surface area contributed by atoms with Gasteiger partial charge in [0.15, 0.2) is 0 Å². The lowest BCUT2D eigenvalue weighted by Gasteiger charge is -2.29. The van der Waals surface area contributed by atoms with Crippen molar-refractivity contribution in [1.82, 2.24) is 10.3 Å². The Hall–Kier alpha value is -1.22. The molecule has 14 heavy (non-hydrogen) atoms. The summed E-state index contributed by atoms with van der Waals surface area (Å²) < 4.78 is 12.6. The monoisotopic (exact) mass is 190 g/mol. The van der Waals surface area contributed by atoms with Crippen molar-refractivity contribution in [3.63, 3.8) is 0 Å². The van der Waals surface area contributed by atoms with Gasteiger partial charge in [-0.15, -0.1) is 0 Å². The summed E-state index contributed by atoms with van der Waals surface area (Å²) in [4.78, 5) is 3.67. The maximum Gasteiger partial charge on any atom is 0.212 e. The van der Waals surface area contributed by atoms with E-state index in [1.165, 1.54) is 11.6 Å². The van der Waals surface area contributed by atoms with E-state index in [2.05, 4.69) is 16.4 Å². The number of hydrogen-bond donors (Lipinski definition) is 1. The first-order chi connectivity index (χ1) is 6.84.